The molecule has 0 aliphatic carbocycles. The quantitative estimate of drug-likeness (QED) is 0.779. The molecule has 1 aromatic carbocycles. The van der Waals surface area contributed by atoms with Gasteiger partial charge in [-0.05, 0) is 25.1 Å². The molecule has 0 spiro atoms. The van der Waals surface area contributed by atoms with Gasteiger partial charge in [0.05, 0.1) is 17.7 Å². The Bertz CT molecular complexity index is 642. The van der Waals surface area contributed by atoms with Crippen LogP contribution in [0.5, 0.6) is 0 Å². The van der Waals surface area contributed by atoms with Crippen molar-refractivity contribution in [3.63, 3.8) is 0 Å². The Hall–Kier alpha value is -1.64. The van der Waals surface area contributed by atoms with Crippen molar-refractivity contribution >= 4 is 33.6 Å². The molecule has 0 saturated carbocycles. The summed E-state index contributed by atoms with van der Waals surface area (Å²) in [4.78, 5) is 21.6. The lowest BCUT2D eigenvalue weighted by Crippen LogP contribution is -2.38. The molecule has 0 bridgehead atoms. The van der Waals surface area contributed by atoms with E-state index < -0.39 is 28.0 Å². The van der Waals surface area contributed by atoms with Gasteiger partial charge in [-0.3, -0.25) is 4.79 Å². The summed E-state index contributed by atoms with van der Waals surface area (Å²) in [7, 11) is -2.92. The van der Waals surface area contributed by atoms with Gasteiger partial charge in [-0.25, -0.2) is 13.2 Å². The minimum atomic E-state index is -4.10. The highest BCUT2D eigenvalue weighted by Crippen LogP contribution is 2.23. The molecule has 20 heavy (non-hydrogen) atoms. The van der Waals surface area contributed by atoms with Crippen molar-refractivity contribution in [1.82, 2.24) is 4.72 Å². The van der Waals surface area contributed by atoms with Gasteiger partial charge in [-0.2, -0.15) is 4.72 Å². The molecule has 1 unspecified atom stereocenters. The van der Waals surface area contributed by atoms with Crippen molar-refractivity contribution in [3.05, 3.63) is 28.8 Å². The van der Waals surface area contributed by atoms with Gasteiger partial charge >= 0.3 is 11.9 Å². The van der Waals surface area contributed by atoms with Crippen LogP contribution in [0.25, 0.3) is 0 Å². The number of hydrogen-bond donors (Lipinski definition) is 2. The first-order valence-electron chi connectivity index (χ1n) is 5.32. The number of ether oxygens (including phenoxy) is 1. The maximum absolute atomic E-state index is 11.9. The molecule has 0 aromatic heterocycles. The van der Waals surface area contributed by atoms with E-state index in [0.29, 0.717) is 0 Å². The first kappa shape index (κ1) is 16.4. The predicted molar refractivity (Wildman–Crippen MR) is 70.2 cm³/mol. The first-order chi connectivity index (χ1) is 9.19. The molecule has 0 fully saturated rings. The molecule has 1 aromatic rings. The molecule has 0 amide bonds. The van der Waals surface area contributed by atoms with E-state index >= 15 is 0 Å². The van der Waals surface area contributed by atoms with Crippen LogP contribution in [0.4, 0.5) is 0 Å². The summed E-state index contributed by atoms with van der Waals surface area (Å²) in [5.74, 6) is -1.99. The SMILES string of the molecule is COC(=O)c1ccc(S(=O)(=O)NC(C)C(=O)O)c(Cl)c1. The Kier molecular flexibility index (Phi) is 5.09. The minimum Gasteiger partial charge on any atom is -0.480 e. The van der Waals surface area contributed by atoms with Crippen molar-refractivity contribution in [2.75, 3.05) is 7.11 Å². The molecule has 9 heteroatoms. The highest BCUT2D eigenvalue weighted by molar-refractivity contribution is 7.89. The van der Waals surface area contributed by atoms with Crippen molar-refractivity contribution in [3.8, 4) is 0 Å². The number of carbonyl (C=O) groups is 2. The predicted octanol–water partition coefficient (Wildman–Crippen LogP) is 0.878. The second kappa shape index (κ2) is 6.21. The van der Waals surface area contributed by atoms with Gasteiger partial charge in [0, 0.05) is 0 Å². The highest BCUT2D eigenvalue weighted by Gasteiger charge is 2.24. The van der Waals surface area contributed by atoms with Crippen LogP contribution in [0, 0.1) is 0 Å². The Balaban J connectivity index is 3.14. The summed E-state index contributed by atoms with van der Waals surface area (Å²) in [5, 5.41) is 8.48. The number of halogens is 1. The van der Waals surface area contributed by atoms with Crippen molar-refractivity contribution in [2.24, 2.45) is 0 Å². The van der Waals surface area contributed by atoms with E-state index in [0.717, 1.165) is 12.1 Å². The van der Waals surface area contributed by atoms with Crippen LogP contribution in [-0.4, -0.2) is 38.6 Å². The standard InChI is InChI=1S/C11H12ClNO6S/c1-6(10(14)15)13-20(17,18)9-4-3-7(5-8(9)12)11(16)19-2/h3-6,13H,1-2H3,(H,14,15). The number of methoxy groups -OCH3 is 1. The molecule has 0 saturated heterocycles. The van der Waals surface area contributed by atoms with Gasteiger partial charge in [0.2, 0.25) is 10.0 Å². The van der Waals surface area contributed by atoms with Crippen LogP contribution < -0.4 is 4.72 Å². The normalized spacial score (nSPS) is 12.8. The number of nitrogens with one attached hydrogen (secondary N) is 1. The van der Waals surface area contributed by atoms with Gasteiger partial charge in [-0.1, -0.05) is 11.6 Å². The zero-order valence-corrected chi connectivity index (χ0v) is 12.2. The molecule has 2 N–H and O–H groups in total. The van der Waals surface area contributed by atoms with Crippen LogP contribution in [0.2, 0.25) is 5.02 Å². The van der Waals surface area contributed by atoms with Gasteiger partial charge in [0.25, 0.3) is 0 Å². The maximum Gasteiger partial charge on any atom is 0.337 e. The van der Waals surface area contributed by atoms with Crippen LogP contribution in [0.1, 0.15) is 17.3 Å². The number of aliphatic carboxylic acids is 1. The average Bonchev–Trinajstić information content (AvgIpc) is 2.36. The average molecular weight is 322 g/mol. The molecular formula is C11H12ClNO6S. The number of benzene rings is 1. The smallest absolute Gasteiger partial charge is 0.337 e. The fraction of sp³-hybridized carbons (Fsp3) is 0.273. The number of carboxylic acids is 1. The number of rotatable bonds is 5. The van der Waals surface area contributed by atoms with E-state index in [-0.39, 0.29) is 15.5 Å². The van der Waals surface area contributed by atoms with Crippen LogP contribution >= 0.6 is 11.6 Å². The lowest BCUT2D eigenvalue weighted by atomic mass is 10.2. The molecule has 0 aliphatic heterocycles. The molecule has 7 nitrogen and oxygen atoms in total. The third-order valence-corrected chi connectivity index (χ3v) is 4.37. The lowest BCUT2D eigenvalue weighted by Gasteiger charge is -2.11. The maximum atomic E-state index is 11.9. The van der Waals surface area contributed by atoms with Crippen molar-refractivity contribution in [2.45, 2.75) is 17.9 Å². The van der Waals surface area contributed by atoms with E-state index in [4.69, 9.17) is 16.7 Å². The zero-order valence-electron chi connectivity index (χ0n) is 10.6. The minimum absolute atomic E-state index is 0.0859. The highest BCUT2D eigenvalue weighted by atomic mass is 35.5. The first-order valence-corrected chi connectivity index (χ1v) is 7.18. The Labute approximate surface area is 120 Å². The summed E-state index contributed by atoms with van der Waals surface area (Å²) < 4.78 is 30.3. The Morgan fingerprint density at radius 2 is 2.00 bits per heavy atom. The third-order valence-electron chi connectivity index (χ3n) is 2.34. The fourth-order valence-corrected chi connectivity index (χ4v) is 3.05. The summed E-state index contributed by atoms with van der Waals surface area (Å²) >= 11 is 5.80. The Morgan fingerprint density at radius 1 is 1.40 bits per heavy atom. The third kappa shape index (κ3) is 3.69. The van der Waals surface area contributed by atoms with Gasteiger partial charge in [-0.15, -0.1) is 0 Å². The summed E-state index contributed by atoms with van der Waals surface area (Å²) in [6.45, 7) is 1.18. The number of esters is 1. The van der Waals surface area contributed by atoms with Gasteiger partial charge in [0.1, 0.15) is 10.9 Å². The van der Waals surface area contributed by atoms with Crippen molar-refractivity contribution in [1.29, 1.82) is 0 Å². The summed E-state index contributed by atoms with van der Waals surface area (Å²) in [6.07, 6.45) is 0. The molecular weight excluding hydrogens is 310 g/mol. The lowest BCUT2D eigenvalue weighted by molar-refractivity contribution is -0.138. The van der Waals surface area contributed by atoms with Crippen molar-refractivity contribution < 1.29 is 27.9 Å². The van der Waals surface area contributed by atoms with E-state index in [9.17, 15) is 18.0 Å². The van der Waals surface area contributed by atoms with E-state index in [1.54, 1.807) is 0 Å². The molecule has 0 heterocycles. The molecule has 0 radical (unpaired) electrons. The number of carboxylic acid groups (broad SMARTS) is 1. The summed E-state index contributed by atoms with van der Waals surface area (Å²) in [6, 6.07) is 2.15. The second-order valence-electron chi connectivity index (χ2n) is 3.82. The van der Waals surface area contributed by atoms with Crippen LogP contribution in [-0.2, 0) is 19.6 Å². The van der Waals surface area contributed by atoms with E-state index in [1.807, 2.05) is 4.72 Å². The topological polar surface area (TPSA) is 110 Å². The monoisotopic (exact) mass is 321 g/mol. The zero-order chi connectivity index (χ0) is 15.5. The Morgan fingerprint density at radius 3 is 2.45 bits per heavy atom. The number of carbonyl (C=O) groups excluding carboxylic acids is 1. The second-order valence-corrected chi connectivity index (χ2v) is 5.91. The van der Waals surface area contributed by atoms with Gasteiger partial charge in [0.15, 0.2) is 0 Å². The molecule has 0 aliphatic rings. The number of sulfonamides is 1. The van der Waals surface area contributed by atoms with E-state index in [1.165, 1.54) is 20.1 Å². The fourth-order valence-electron chi connectivity index (χ4n) is 1.31. The van der Waals surface area contributed by atoms with Crippen LogP contribution in [0.3, 0.4) is 0 Å². The molecule has 110 valence electrons. The molecule has 1 atom stereocenters. The number of hydrogen-bond acceptors (Lipinski definition) is 5. The van der Waals surface area contributed by atoms with Gasteiger partial charge < -0.3 is 9.84 Å². The summed E-state index contributed by atoms with van der Waals surface area (Å²) in [5.41, 5.74) is 0.0859. The molecule has 1 rings (SSSR count). The van der Waals surface area contributed by atoms with E-state index in [2.05, 4.69) is 4.74 Å². The largest absolute Gasteiger partial charge is 0.480 e. The van der Waals surface area contributed by atoms with Crippen LogP contribution in [0.15, 0.2) is 23.1 Å².